The number of H-pyrrole nitrogens is 1. The van der Waals surface area contributed by atoms with Crippen LogP contribution in [0.5, 0.6) is 0 Å². The number of benzene rings is 1. The lowest BCUT2D eigenvalue weighted by molar-refractivity contribution is 0.665. The summed E-state index contributed by atoms with van der Waals surface area (Å²) in [5.41, 5.74) is 2.70. The summed E-state index contributed by atoms with van der Waals surface area (Å²) in [6, 6.07) is 8.63. The summed E-state index contributed by atoms with van der Waals surface area (Å²) in [5.74, 6) is 0.990. The van der Waals surface area contributed by atoms with E-state index in [9.17, 15) is 0 Å². The van der Waals surface area contributed by atoms with E-state index in [4.69, 9.17) is 0 Å². The molecular weight excluding hydrogens is 198 g/mol. The van der Waals surface area contributed by atoms with Gasteiger partial charge in [0.15, 0.2) is 0 Å². The van der Waals surface area contributed by atoms with E-state index < -0.39 is 0 Å². The summed E-state index contributed by atoms with van der Waals surface area (Å²) in [5, 5.41) is 3.36. The summed E-state index contributed by atoms with van der Waals surface area (Å²) < 4.78 is 0. The van der Waals surface area contributed by atoms with E-state index in [1.54, 1.807) is 6.20 Å². The molecule has 3 heteroatoms. The lowest BCUT2D eigenvalue weighted by Crippen LogP contribution is -2.17. The molecule has 0 radical (unpaired) electrons. The second kappa shape index (κ2) is 5.47. The maximum atomic E-state index is 4.16. The van der Waals surface area contributed by atoms with Gasteiger partial charge >= 0.3 is 0 Å². The van der Waals surface area contributed by atoms with Crippen LogP contribution in [0, 0.1) is 6.92 Å². The number of hydrogen-bond acceptors (Lipinski definition) is 2. The van der Waals surface area contributed by atoms with Crippen LogP contribution < -0.4 is 5.32 Å². The average molecular weight is 215 g/mol. The summed E-state index contributed by atoms with van der Waals surface area (Å²) in [6.07, 6.45) is 4.68. The lowest BCUT2D eigenvalue weighted by Gasteiger charge is -2.04. The van der Waals surface area contributed by atoms with Crippen molar-refractivity contribution in [2.75, 3.05) is 6.54 Å². The second-order valence-electron chi connectivity index (χ2n) is 3.95. The van der Waals surface area contributed by atoms with Crippen LogP contribution in [-0.4, -0.2) is 16.5 Å². The van der Waals surface area contributed by atoms with E-state index in [1.165, 1.54) is 11.1 Å². The Morgan fingerprint density at radius 2 is 2.31 bits per heavy atom. The van der Waals surface area contributed by atoms with E-state index in [1.807, 2.05) is 6.20 Å². The SMILES string of the molecule is Cc1cccc(CCNCc2ncc[nH]2)c1. The van der Waals surface area contributed by atoms with Crippen molar-refractivity contribution >= 4 is 0 Å². The molecule has 0 saturated heterocycles. The van der Waals surface area contributed by atoms with Crippen LogP contribution in [0.4, 0.5) is 0 Å². The van der Waals surface area contributed by atoms with Crippen molar-refractivity contribution in [3.8, 4) is 0 Å². The smallest absolute Gasteiger partial charge is 0.120 e. The first-order valence-electron chi connectivity index (χ1n) is 5.59. The monoisotopic (exact) mass is 215 g/mol. The van der Waals surface area contributed by atoms with Crippen molar-refractivity contribution in [1.82, 2.24) is 15.3 Å². The van der Waals surface area contributed by atoms with Gasteiger partial charge in [0.2, 0.25) is 0 Å². The van der Waals surface area contributed by atoms with E-state index in [2.05, 4.69) is 46.5 Å². The maximum Gasteiger partial charge on any atom is 0.120 e. The van der Waals surface area contributed by atoms with E-state index in [0.717, 1.165) is 25.3 Å². The van der Waals surface area contributed by atoms with Gasteiger partial charge in [-0.1, -0.05) is 29.8 Å². The fourth-order valence-electron chi connectivity index (χ4n) is 1.70. The van der Waals surface area contributed by atoms with E-state index in [0.29, 0.717) is 0 Å². The molecule has 2 aromatic rings. The first-order chi connectivity index (χ1) is 7.84. The minimum atomic E-state index is 0.804. The number of rotatable bonds is 5. The Morgan fingerprint density at radius 3 is 3.06 bits per heavy atom. The summed E-state index contributed by atoms with van der Waals surface area (Å²) >= 11 is 0. The number of imidazole rings is 1. The van der Waals surface area contributed by atoms with Crippen molar-refractivity contribution in [3.63, 3.8) is 0 Å². The zero-order valence-corrected chi connectivity index (χ0v) is 9.53. The third-order valence-electron chi connectivity index (χ3n) is 2.52. The highest BCUT2D eigenvalue weighted by molar-refractivity contribution is 5.22. The molecule has 2 N–H and O–H groups in total. The number of aromatic nitrogens is 2. The minimum absolute atomic E-state index is 0.804. The molecule has 84 valence electrons. The fraction of sp³-hybridized carbons (Fsp3) is 0.308. The summed E-state index contributed by atoms with van der Waals surface area (Å²) in [6.45, 7) is 3.91. The Morgan fingerprint density at radius 1 is 1.38 bits per heavy atom. The van der Waals surface area contributed by atoms with Crippen LogP contribution in [-0.2, 0) is 13.0 Å². The van der Waals surface area contributed by atoms with Gasteiger partial charge in [-0.05, 0) is 25.5 Å². The summed E-state index contributed by atoms with van der Waals surface area (Å²) in [7, 11) is 0. The van der Waals surface area contributed by atoms with Crippen molar-refractivity contribution in [2.45, 2.75) is 19.9 Å². The standard InChI is InChI=1S/C13H17N3/c1-11-3-2-4-12(9-11)5-6-14-10-13-15-7-8-16-13/h2-4,7-9,14H,5-6,10H2,1H3,(H,15,16). The molecular formula is C13H17N3. The first-order valence-corrected chi connectivity index (χ1v) is 5.59. The van der Waals surface area contributed by atoms with Gasteiger partial charge in [-0.2, -0.15) is 0 Å². The van der Waals surface area contributed by atoms with Gasteiger partial charge in [-0.25, -0.2) is 4.98 Å². The van der Waals surface area contributed by atoms with Gasteiger partial charge in [-0.3, -0.25) is 0 Å². The van der Waals surface area contributed by atoms with Gasteiger partial charge in [0, 0.05) is 12.4 Å². The Bertz CT molecular complexity index is 421. The van der Waals surface area contributed by atoms with Gasteiger partial charge in [0.1, 0.15) is 5.82 Å². The Labute approximate surface area is 95.9 Å². The second-order valence-corrected chi connectivity index (χ2v) is 3.95. The molecule has 0 atom stereocenters. The van der Waals surface area contributed by atoms with Crippen LogP contribution in [0.2, 0.25) is 0 Å². The zero-order chi connectivity index (χ0) is 11.2. The Balaban J connectivity index is 1.72. The molecule has 2 rings (SSSR count). The predicted octanol–water partition coefficient (Wildman–Crippen LogP) is 2.05. The lowest BCUT2D eigenvalue weighted by atomic mass is 10.1. The molecule has 3 nitrogen and oxygen atoms in total. The highest BCUT2D eigenvalue weighted by atomic mass is 15.0. The van der Waals surface area contributed by atoms with Gasteiger partial charge in [-0.15, -0.1) is 0 Å². The third-order valence-corrected chi connectivity index (χ3v) is 2.52. The predicted molar refractivity (Wildman–Crippen MR) is 65.2 cm³/mol. The van der Waals surface area contributed by atoms with E-state index in [-0.39, 0.29) is 0 Å². The molecule has 16 heavy (non-hydrogen) atoms. The van der Waals surface area contributed by atoms with Crippen LogP contribution in [0.3, 0.4) is 0 Å². The molecule has 0 bridgehead atoms. The fourth-order valence-corrected chi connectivity index (χ4v) is 1.70. The number of nitrogens with one attached hydrogen (secondary N) is 2. The van der Waals surface area contributed by atoms with E-state index >= 15 is 0 Å². The highest BCUT2D eigenvalue weighted by Gasteiger charge is 1.95. The molecule has 1 aromatic carbocycles. The highest BCUT2D eigenvalue weighted by Crippen LogP contribution is 2.03. The van der Waals surface area contributed by atoms with Crippen molar-refractivity contribution < 1.29 is 0 Å². The number of nitrogens with zero attached hydrogens (tertiary/aromatic N) is 1. The molecule has 0 fully saturated rings. The van der Waals surface area contributed by atoms with Crippen molar-refractivity contribution in [2.24, 2.45) is 0 Å². The number of aromatic amines is 1. The van der Waals surface area contributed by atoms with Gasteiger partial charge < -0.3 is 10.3 Å². The van der Waals surface area contributed by atoms with Crippen LogP contribution in [0.25, 0.3) is 0 Å². The molecule has 0 saturated carbocycles. The third kappa shape index (κ3) is 3.21. The van der Waals surface area contributed by atoms with Crippen LogP contribution in [0.15, 0.2) is 36.7 Å². The van der Waals surface area contributed by atoms with Crippen LogP contribution in [0.1, 0.15) is 17.0 Å². The van der Waals surface area contributed by atoms with Gasteiger partial charge in [0.05, 0.1) is 6.54 Å². The summed E-state index contributed by atoms with van der Waals surface area (Å²) in [4.78, 5) is 7.23. The molecule has 0 amide bonds. The Hall–Kier alpha value is -1.61. The molecule has 0 aliphatic rings. The van der Waals surface area contributed by atoms with Crippen LogP contribution >= 0.6 is 0 Å². The van der Waals surface area contributed by atoms with Crippen molar-refractivity contribution in [1.29, 1.82) is 0 Å². The largest absolute Gasteiger partial charge is 0.348 e. The molecule has 0 spiro atoms. The molecule has 1 heterocycles. The zero-order valence-electron chi connectivity index (χ0n) is 9.53. The van der Waals surface area contributed by atoms with Crippen molar-refractivity contribution in [3.05, 3.63) is 53.6 Å². The first kappa shape index (κ1) is 10.9. The molecule has 0 aliphatic carbocycles. The molecule has 0 unspecified atom stereocenters. The molecule has 1 aromatic heterocycles. The topological polar surface area (TPSA) is 40.7 Å². The normalized spacial score (nSPS) is 10.6. The minimum Gasteiger partial charge on any atom is -0.348 e. The average Bonchev–Trinajstić information content (AvgIpc) is 2.77. The Kier molecular flexibility index (Phi) is 3.72. The molecule has 0 aliphatic heterocycles. The van der Waals surface area contributed by atoms with Gasteiger partial charge in [0.25, 0.3) is 0 Å². The number of hydrogen-bond donors (Lipinski definition) is 2. The maximum absolute atomic E-state index is 4.16. The number of aryl methyl sites for hydroxylation is 1. The quantitative estimate of drug-likeness (QED) is 0.749.